The molecule has 0 aliphatic carbocycles. The zero-order valence-corrected chi connectivity index (χ0v) is 15.3. The zero-order chi connectivity index (χ0) is 20.7. The summed E-state index contributed by atoms with van der Waals surface area (Å²) in [4.78, 5) is 25.9. The fourth-order valence-electron chi connectivity index (χ4n) is 2.27. The van der Waals surface area contributed by atoms with Gasteiger partial charge in [0.25, 0.3) is 0 Å². The van der Waals surface area contributed by atoms with Crippen LogP contribution in [0.25, 0.3) is 0 Å². The Hall–Kier alpha value is -3.07. The van der Waals surface area contributed by atoms with Crippen molar-refractivity contribution >= 4 is 23.2 Å². The molecule has 2 aromatic carbocycles. The van der Waals surface area contributed by atoms with Gasteiger partial charge in [0, 0.05) is 11.4 Å². The summed E-state index contributed by atoms with van der Waals surface area (Å²) in [7, 11) is 1.62. The number of ether oxygens (including phenoxy) is 1. The SMILES string of the molecule is C[C@H](C(=O)Nc1ccccc1)N(C)CC(=O)Nc1ccc(OC(F)(F)F)cc1. The summed E-state index contributed by atoms with van der Waals surface area (Å²) in [6.07, 6.45) is -4.77. The van der Waals surface area contributed by atoms with Crippen molar-refractivity contribution in [2.45, 2.75) is 19.3 Å². The molecule has 9 heteroatoms. The number of para-hydroxylation sites is 1. The Morgan fingerprint density at radius 2 is 1.57 bits per heavy atom. The van der Waals surface area contributed by atoms with E-state index in [2.05, 4.69) is 15.4 Å². The average Bonchev–Trinajstić information content (AvgIpc) is 2.62. The predicted octanol–water partition coefficient (Wildman–Crippen LogP) is 3.48. The Morgan fingerprint density at radius 1 is 1.00 bits per heavy atom. The molecule has 0 radical (unpaired) electrons. The molecule has 0 bridgehead atoms. The van der Waals surface area contributed by atoms with Gasteiger partial charge in [-0.3, -0.25) is 14.5 Å². The van der Waals surface area contributed by atoms with Crippen molar-refractivity contribution in [2.75, 3.05) is 24.2 Å². The van der Waals surface area contributed by atoms with Crippen LogP contribution in [0.5, 0.6) is 5.75 Å². The number of amides is 2. The monoisotopic (exact) mass is 395 g/mol. The van der Waals surface area contributed by atoms with Gasteiger partial charge in [-0.15, -0.1) is 13.2 Å². The topological polar surface area (TPSA) is 70.7 Å². The lowest BCUT2D eigenvalue weighted by Crippen LogP contribution is -2.43. The quantitative estimate of drug-likeness (QED) is 0.753. The van der Waals surface area contributed by atoms with Crippen molar-refractivity contribution in [3.8, 4) is 5.75 Å². The molecule has 0 fully saturated rings. The maximum Gasteiger partial charge on any atom is 0.573 e. The average molecular weight is 395 g/mol. The van der Waals surface area contributed by atoms with Gasteiger partial charge in [-0.25, -0.2) is 0 Å². The smallest absolute Gasteiger partial charge is 0.406 e. The van der Waals surface area contributed by atoms with E-state index in [1.807, 2.05) is 6.07 Å². The summed E-state index contributed by atoms with van der Waals surface area (Å²) in [5.74, 6) is -1.06. The molecule has 0 saturated carbocycles. The van der Waals surface area contributed by atoms with Crippen LogP contribution in [0, 0.1) is 0 Å². The second-order valence-electron chi connectivity index (χ2n) is 6.07. The molecule has 28 heavy (non-hydrogen) atoms. The third-order valence-electron chi connectivity index (χ3n) is 3.85. The number of nitrogens with one attached hydrogen (secondary N) is 2. The third-order valence-corrected chi connectivity index (χ3v) is 3.85. The Labute approximate surface area is 160 Å². The molecule has 150 valence electrons. The van der Waals surface area contributed by atoms with Crippen molar-refractivity contribution in [2.24, 2.45) is 0 Å². The van der Waals surface area contributed by atoms with E-state index in [-0.39, 0.29) is 18.2 Å². The molecule has 2 N–H and O–H groups in total. The summed E-state index contributed by atoms with van der Waals surface area (Å²) < 4.78 is 40.2. The largest absolute Gasteiger partial charge is 0.573 e. The molecule has 0 heterocycles. The van der Waals surface area contributed by atoms with E-state index in [1.54, 1.807) is 43.1 Å². The van der Waals surface area contributed by atoms with Gasteiger partial charge in [0.2, 0.25) is 11.8 Å². The van der Waals surface area contributed by atoms with Gasteiger partial charge in [-0.05, 0) is 50.4 Å². The van der Waals surface area contributed by atoms with Crippen molar-refractivity contribution in [1.29, 1.82) is 0 Å². The molecule has 0 aromatic heterocycles. The number of nitrogens with zero attached hydrogens (tertiary/aromatic N) is 1. The highest BCUT2D eigenvalue weighted by atomic mass is 19.4. The van der Waals surface area contributed by atoms with Gasteiger partial charge >= 0.3 is 6.36 Å². The number of halogens is 3. The summed E-state index contributed by atoms with van der Waals surface area (Å²) >= 11 is 0. The summed E-state index contributed by atoms with van der Waals surface area (Å²) in [6, 6.07) is 13.1. The van der Waals surface area contributed by atoms with Crippen LogP contribution in [0.15, 0.2) is 54.6 Å². The molecule has 1 atom stereocenters. The number of carbonyl (C=O) groups excluding carboxylic acids is 2. The number of anilines is 2. The number of benzene rings is 2. The van der Waals surface area contributed by atoms with Crippen molar-refractivity contribution < 1.29 is 27.5 Å². The van der Waals surface area contributed by atoms with Gasteiger partial charge in [-0.1, -0.05) is 18.2 Å². The van der Waals surface area contributed by atoms with Crippen LogP contribution in [0.4, 0.5) is 24.5 Å². The first-order valence-corrected chi connectivity index (χ1v) is 8.36. The van der Waals surface area contributed by atoms with E-state index in [0.29, 0.717) is 11.4 Å². The maximum atomic E-state index is 12.3. The Bertz CT molecular complexity index is 796. The van der Waals surface area contributed by atoms with Crippen LogP contribution in [-0.4, -0.2) is 42.7 Å². The Morgan fingerprint density at radius 3 is 2.14 bits per heavy atom. The molecule has 0 aliphatic heterocycles. The molecular formula is C19H20F3N3O3. The molecule has 2 aromatic rings. The molecule has 6 nitrogen and oxygen atoms in total. The summed E-state index contributed by atoms with van der Waals surface area (Å²) in [5.41, 5.74) is 0.965. The van der Waals surface area contributed by atoms with Crippen molar-refractivity contribution in [3.63, 3.8) is 0 Å². The molecule has 2 rings (SSSR count). The standard InChI is InChI=1S/C19H20F3N3O3/c1-13(18(27)24-14-6-4-3-5-7-14)25(2)12-17(26)23-15-8-10-16(11-9-15)28-19(20,21)22/h3-11,13H,12H2,1-2H3,(H,23,26)(H,24,27)/t13-/m1/s1. The highest BCUT2D eigenvalue weighted by molar-refractivity contribution is 5.96. The Kier molecular flexibility index (Phi) is 7.00. The fraction of sp³-hybridized carbons (Fsp3) is 0.263. The minimum absolute atomic E-state index is 0.0792. The highest BCUT2D eigenvalue weighted by Gasteiger charge is 2.31. The maximum absolute atomic E-state index is 12.3. The first-order valence-electron chi connectivity index (χ1n) is 8.36. The number of hydrogen-bond acceptors (Lipinski definition) is 4. The van der Waals surface area contributed by atoms with Gasteiger partial charge in [-0.2, -0.15) is 0 Å². The van der Waals surface area contributed by atoms with Crippen LogP contribution >= 0.6 is 0 Å². The first-order chi connectivity index (χ1) is 13.1. The van der Waals surface area contributed by atoms with Crippen LogP contribution in [0.2, 0.25) is 0 Å². The van der Waals surface area contributed by atoms with Gasteiger partial charge < -0.3 is 15.4 Å². The Balaban J connectivity index is 1.85. The summed E-state index contributed by atoms with van der Waals surface area (Å²) in [5, 5.41) is 5.31. The zero-order valence-electron chi connectivity index (χ0n) is 15.3. The van der Waals surface area contributed by atoms with Crippen molar-refractivity contribution in [1.82, 2.24) is 4.90 Å². The lowest BCUT2D eigenvalue weighted by Gasteiger charge is -2.23. The van der Waals surface area contributed by atoms with E-state index in [9.17, 15) is 22.8 Å². The van der Waals surface area contributed by atoms with E-state index in [1.165, 1.54) is 12.1 Å². The number of rotatable bonds is 7. The van der Waals surface area contributed by atoms with Crippen LogP contribution in [0.3, 0.4) is 0 Å². The fourth-order valence-corrected chi connectivity index (χ4v) is 2.27. The summed E-state index contributed by atoms with van der Waals surface area (Å²) in [6.45, 7) is 1.58. The minimum atomic E-state index is -4.77. The normalized spacial score (nSPS) is 12.4. The predicted molar refractivity (Wildman–Crippen MR) is 98.9 cm³/mol. The molecule has 0 spiro atoms. The molecule has 0 saturated heterocycles. The highest BCUT2D eigenvalue weighted by Crippen LogP contribution is 2.23. The molecule has 0 aliphatic rings. The first kappa shape index (κ1) is 21.2. The molecular weight excluding hydrogens is 375 g/mol. The van der Waals surface area contributed by atoms with Crippen LogP contribution in [-0.2, 0) is 9.59 Å². The number of hydrogen-bond donors (Lipinski definition) is 2. The van der Waals surface area contributed by atoms with Crippen molar-refractivity contribution in [3.05, 3.63) is 54.6 Å². The number of likely N-dealkylation sites (N-methyl/N-ethyl adjacent to an activating group) is 1. The molecule has 0 unspecified atom stereocenters. The second-order valence-corrected chi connectivity index (χ2v) is 6.07. The molecule has 2 amide bonds. The lowest BCUT2D eigenvalue weighted by molar-refractivity contribution is -0.274. The third kappa shape index (κ3) is 6.92. The second kappa shape index (κ2) is 9.23. The van der Waals surface area contributed by atoms with E-state index < -0.39 is 18.3 Å². The van der Waals surface area contributed by atoms with E-state index in [4.69, 9.17) is 0 Å². The number of alkyl halides is 3. The van der Waals surface area contributed by atoms with E-state index >= 15 is 0 Å². The van der Waals surface area contributed by atoms with Gasteiger partial charge in [0.1, 0.15) is 5.75 Å². The van der Waals surface area contributed by atoms with E-state index in [0.717, 1.165) is 12.1 Å². The minimum Gasteiger partial charge on any atom is -0.406 e. The van der Waals surface area contributed by atoms with Crippen LogP contribution < -0.4 is 15.4 Å². The lowest BCUT2D eigenvalue weighted by atomic mass is 10.2. The van der Waals surface area contributed by atoms with Gasteiger partial charge in [0.15, 0.2) is 0 Å². The van der Waals surface area contributed by atoms with Gasteiger partial charge in [0.05, 0.1) is 12.6 Å². The number of carbonyl (C=O) groups is 2. The van der Waals surface area contributed by atoms with Crippen LogP contribution in [0.1, 0.15) is 6.92 Å².